The van der Waals surface area contributed by atoms with E-state index >= 15 is 0 Å². The third-order valence-corrected chi connectivity index (χ3v) is 5.79. The van der Waals surface area contributed by atoms with Gasteiger partial charge in [0, 0.05) is 40.8 Å². The summed E-state index contributed by atoms with van der Waals surface area (Å²) < 4.78 is 39.0. The molecule has 0 radical (unpaired) electrons. The van der Waals surface area contributed by atoms with Crippen molar-refractivity contribution in [2.24, 2.45) is 0 Å². The summed E-state index contributed by atoms with van der Waals surface area (Å²) >= 11 is 0. The van der Waals surface area contributed by atoms with Crippen LogP contribution in [0.15, 0.2) is 55.0 Å². The molecule has 4 aromatic rings. The van der Waals surface area contributed by atoms with Gasteiger partial charge in [0.1, 0.15) is 30.4 Å². The number of hydrogen-bond acceptors (Lipinski definition) is 6. The summed E-state index contributed by atoms with van der Waals surface area (Å²) in [5.74, 6) is 0.541. The zero-order chi connectivity index (χ0) is 25.7. The van der Waals surface area contributed by atoms with Gasteiger partial charge in [-0.05, 0) is 13.0 Å². The summed E-state index contributed by atoms with van der Waals surface area (Å²) in [6.07, 6.45) is 0.355. The molecule has 0 aliphatic carbocycles. The van der Waals surface area contributed by atoms with Crippen LogP contribution in [-0.2, 0) is 11.3 Å². The van der Waals surface area contributed by atoms with Crippen molar-refractivity contribution in [2.45, 2.75) is 52.4 Å². The van der Waals surface area contributed by atoms with E-state index in [1.807, 2.05) is 44.2 Å². The molecule has 190 valence electrons. The maximum absolute atomic E-state index is 13.1. The van der Waals surface area contributed by atoms with Gasteiger partial charge in [-0.1, -0.05) is 44.2 Å². The minimum absolute atomic E-state index is 0.0893. The second kappa shape index (κ2) is 11.5. The van der Waals surface area contributed by atoms with Crippen LogP contribution in [0.3, 0.4) is 0 Å². The number of fused-ring (bicyclic) bond motifs is 1. The molecule has 0 amide bonds. The number of benzene rings is 2. The lowest BCUT2D eigenvalue weighted by Crippen LogP contribution is -2.17. The number of halogens is 2. The highest BCUT2D eigenvalue weighted by Crippen LogP contribution is 2.38. The first-order chi connectivity index (χ1) is 17.5. The highest BCUT2D eigenvalue weighted by Gasteiger charge is 2.23. The summed E-state index contributed by atoms with van der Waals surface area (Å²) in [6, 6.07) is 12.9. The summed E-state index contributed by atoms with van der Waals surface area (Å²) in [6.45, 7) is 6.28. The van der Waals surface area contributed by atoms with Crippen molar-refractivity contribution in [3.63, 3.8) is 0 Å². The summed E-state index contributed by atoms with van der Waals surface area (Å²) in [7, 11) is 0. The van der Waals surface area contributed by atoms with E-state index < -0.39 is 19.1 Å². The number of hydrogen-bond donors (Lipinski definition) is 1. The normalized spacial score (nSPS) is 16.1. The van der Waals surface area contributed by atoms with Crippen LogP contribution in [0, 0.1) is 0 Å². The van der Waals surface area contributed by atoms with Crippen molar-refractivity contribution in [1.82, 2.24) is 19.7 Å². The first kappa shape index (κ1) is 25.7. The molecule has 36 heavy (non-hydrogen) atoms. The lowest BCUT2D eigenvalue weighted by Gasteiger charge is -2.18. The maximum Gasteiger partial charge on any atom is 0.257 e. The van der Waals surface area contributed by atoms with Crippen molar-refractivity contribution in [2.75, 3.05) is 13.2 Å². The number of nitrogens with zero attached hydrogens (tertiary/aromatic N) is 4. The van der Waals surface area contributed by atoms with Crippen LogP contribution >= 0.6 is 0 Å². The van der Waals surface area contributed by atoms with Gasteiger partial charge in [-0.2, -0.15) is 5.10 Å². The monoisotopic (exact) mass is 496 g/mol. The van der Waals surface area contributed by atoms with Gasteiger partial charge in [0.05, 0.1) is 30.5 Å². The Morgan fingerprint density at radius 3 is 2.58 bits per heavy atom. The fourth-order valence-corrected chi connectivity index (χ4v) is 4.17. The molecule has 0 spiro atoms. The quantitative estimate of drug-likeness (QED) is 0.355. The van der Waals surface area contributed by atoms with Crippen LogP contribution in [0.2, 0.25) is 0 Å². The van der Waals surface area contributed by atoms with E-state index in [1.165, 1.54) is 11.0 Å². The Balaban J connectivity index is 0.00000148. The largest absolute Gasteiger partial charge is 0.487 e. The first-order valence-electron chi connectivity index (χ1n) is 12.1. The van der Waals surface area contributed by atoms with Gasteiger partial charge in [0.25, 0.3) is 6.43 Å². The van der Waals surface area contributed by atoms with E-state index in [1.54, 1.807) is 25.3 Å². The van der Waals surface area contributed by atoms with E-state index in [9.17, 15) is 13.9 Å². The average Bonchev–Trinajstić information content (AvgIpc) is 3.54. The smallest absolute Gasteiger partial charge is 0.257 e. The molecule has 5 rings (SSSR count). The summed E-state index contributed by atoms with van der Waals surface area (Å²) in [5, 5.41) is 15.6. The third kappa shape index (κ3) is 5.52. The Hall–Kier alpha value is -3.43. The van der Waals surface area contributed by atoms with E-state index in [-0.39, 0.29) is 6.10 Å². The Bertz CT molecular complexity index is 1290. The van der Waals surface area contributed by atoms with Gasteiger partial charge >= 0.3 is 0 Å². The van der Waals surface area contributed by atoms with Crippen LogP contribution in [-0.4, -0.2) is 50.6 Å². The standard InChI is InChI=1S/C25H24F2N4O3.C2H6/c1-15(32)18-9-19-21(10-22(18)34-17-7-8-33-13-17)28-14-29-25(19)20-11-31(12-23(26)27)30-24(20)16-5-3-2-4-6-16;1-2/h2-6,9-11,14-15,17,23,32H,7-8,12-13H2,1H3;1-2H3/t15-,17+;/m1./s1. The molecule has 2 atom stereocenters. The lowest BCUT2D eigenvalue weighted by molar-refractivity contribution is 0.122. The van der Waals surface area contributed by atoms with Crippen molar-refractivity contribution in [3.05, 3.63) is 60.6 Å². The van der Waals surface area contributed by atoms with Crippen molar-refractivity contribution >= 4 is 10.9 Å². The fourth-order valence-electron chi connectivity index (χ4n) is 4.17. The molecule has 1 N–H and O–H groups in total. The molecule has 1 aliphatic heterocycles. The number of aliphatic hydroxyl groups is 1. The number of aromatic nitrogens is 4. The molecule has 0 unspecified atom stereocenters. The summed E-state index contributed by atoms with van der Waals surface area (Å²) in [4.78, 5) is 8.90. The van der Waals surface area contributed by atoms with Crippen molar-refractivity contribution in [3.8, 4) is 28.3 Å². The molecule has 1 aliphatic rings. The van der Waals surface area contributed by atoms with E-state index in [2.05, 4.69) is 15.1 Å². The minimum atomic E-state index is -2.54. The molecule has 0 saturated carbocycles. The predicted molar refractivity (Wildman–Crippen MR) is 134 cm³/mol. The average molecular weight is 497 g/mol. The Labute approximate surface area is 208 Å². The number of aliphatic hydroxyl groups excluding tert-OH is 1. The Morgan fingerprint density at radius 2 is 1.92 bits per heavy atom. The first-order valence-corrected chi connectivity index (χ1v) is 12.1. The van der Waals surface area contributed by atoms with Crippen LogP contribution in [0.1, 0.15) is 38.9 Å². The highest BCUT2D eigenvalue weighted by molar-refractivity contribution is 5.96. The number of rotatable bonds is 7. The molecule has 9 heteroatoms. The zero-order valence-electron chi connectivity index (χ0n) is 20.6. The SMILES string of the molecule is CC.C[C@@H](O)c1cc2c(-c3cn(CC(F)F)nc3-c3ccccc3)ncnc2cc1O[C@H]1CCOC1. The van der Waals surface area contributed by atoms with Gasteiger partial charge in [-0.15, -0.1) is 0 Å². The molecule has 7 nitrogen and oxygen atoms in total. The lowest BCUT2D eigenvalue weighted by atomic mass is 9.99. The van der Waals surface area contributed by atoms with Crippen LogP contribution in [0.25, 0.3) is 33.4 Å². The second-order valence-electron chi connectivity index (χ2n) is 8.28. The zero-order valence-corrected chi connectivity index (χ0v) is 20.6. The van der Waals surface area contributed by atoms with Crippen molar-refractivity contribution in [1.29, 1.82) is 0 Å². The van der Waals surface area contributed by atoms with Crippen LogP contribution in [0.5, 0.6) is 5.75 Å². The molecule has 3 heterocycles. The van der Waals surface area contributed by atoms with Crippen molar-refractivity contribution < 1.29 is 23.4 Å². The Kier molecular flexibility index (Phi) is 8.22. The van der Waals surface area contributed by atoms with Crippen LogP contribution in [0.4, 0.5) is 8.78 Å². The van der Waals surface area contributed by atoms with Gasteiger partial charge < -0.3 is 14.6 Å². The predicted octanol–water partition coefficient (Wildman–Crippen LogP) is 5.67. The van der Waals surface area contributed by atoms with Crippen LogP contribution < -0.4 is 4.74 Å². The molecule has 0 bridgehead atoms. The molecule has 2 aromatic carbocycles. The molecule has 2 aromatic heterocycles. The van der Waals surface area contributed by atoms with E-state index in [0.29, 0.717) is 52.4 Å². The third-order valence-electron chi connectivity index (χ3n) is 5.79. The van der Waals surface area contributed by atoms with Gasteiger partial charge in [-0.3, -0.25) is 4.68 Å². The van der Waals surface area contributed by atoms with E-state index in [4.69, 9.17) is 9.47 Å². The summed E-state index contributed by atoms with van der Waals surface area (Å²) in [5.41, 5.74) is 3.69. The number of ether oxygens (including phenoxy) is 2. The fraction of sp³-hybridized carbons (Fsp3) is 0.370. The second-order valence-corrected chi connectivity index (χ2v) is 8.28. The number of alkyl halides is 2. The molecular formula is C27H30F2N4O3. The minimum Gasteiger partial charge on any atom is -0.487 e. The maximum atomic E-state index is 13.1. The van der Waals surface area contributed by atoms with E-state index in [0.717, 1.165) is 12.0 Å². The molecule has 1 fully saturated rings. The van der Waals surface area contributed by atoms with Gasteiger partial charge in [0.2, 0.25) is 0 Å². The molecule has 1 saturated heterocycles. The highest BCUT2D eigenvalue weighted by atomic mass is 19.3. The molecular weight excluding hydrogens is 466 g/mol. The van der Waals surface area contributed by atoms with Gasteiger partial charge in [-0.25, -0.2) is 18.7 Å². The Morgan fingerprint density at radius 1 is 1.14 bits per heavy atom. The van der Waals surface area contributed by atoms with Gasteiger partial charge in [0.15, 0.2) is 0 Å². The topological polar surface area (TPSA) is 82.3 Å².